The van der Waals surface area contributed by atoms with Crippen molar-refractivity contribution in [1.82, 2.24) is 5.32 Å². The van der Waals surface area contributed by atoms with Crippen molar-refractivity contribution in [2.45, 2.75) is 5.54 Å². The summed E-state index contributed by atoms with van der Waals surface area (Å²) in [7, 11) is 0. The van der Waals surface area contributed by atoms with E-state index in [1.54, 1.807) is 0 Å². The molecule has 0 aliphatic heterocycles. The maximum Gasteiger partial charge on any atom is 0.405 e. The Hall–Kier alpha value is -3.07. The number of rotatable bonds is 4. The molecule has 0 unspecified atom stereocenters. The van der Waals surface area contributed by atoms with Gasteiger partial charge in [0.1, 0.15) is 5.54 Å². The molecule has 3 heteroatoms. The van der Waals surface area contributed by atoms with E-state index < -0.39 is 11.6 Å². The first-order valence-electron chi connectivity index (χ1n) is 7.41. The van der Waals surface area contributed by atoms with Gasteiger partial charge in [-0.15, -0.1) is 0 Å². The van der Waals surface area contributed by atoms with E-state index in [9.17, 15) is 9.90 Å². The fraction of sp³-hybridized carbons (Fsp3) is 0.0500. The zero-order chi connectivity index (χ0) is 16.1. The molecule has 0 aliphatic rings. The standard InChI is InChI=1S/C20H17NO2/c22-19(23)21-20(16-10-4-1-5-11-16,17-12-6-2-7-13-17)18-14-8-3-9-15-18/h1-15,21H,(H,22,23). The second kappa shape index (κ2) is 6.36. The maximum atomic E-state index is 11.6. The number of hydrogen-bond donors (Lipinski definition) is 2. The van der Waals surface area contributed by atoms with Gasteiger partial charge in [0.05, 0.1) is 0 Å². The van der Waals surface area contributed by atoms with Crippen LogP contribution in [0.3, 0.4) is 0 Å². The SMILES string of the molecule is O=C(O)NC(c1ccccc1)(c1ccccc1)c1ccccc1. The van der Waals surface area contributed by atoms with Gasteiger partial charge in [0.15, 0.2) is 0 Å². The zero-order valence-corrected chi connectivity index (χ0v) is 12.5. The van der Waals surface area contributed by atoms with Crippen LogP contribution in [0.25, 0.3) is 0 Å². The summed E-state index contributed by atoms with van der Waals surface area (Å²) in [6, 6.07) is 28.9. The van der Waals surface area contributed by atoms with Crippen LogP contribution in [0.1, 0.15) is 16.7 Å². The molecule has 0 aromatic heterocycles. The Morgan fingerprint density at radius 2 is 0.957 bits per heavy atom. The van der Waals surface area contributed by atoms with Crippen LogP contribution in [0.15, 0.2) is 91.0 Å². The fourth-order valence-corrected chi connectivity index (χ4v) is 2.94. The molecule has 0 fully saturated rings. The Bertz CT molecular complexity index is 674. The molecular formula is C20H17NO2. The lowest BCUT2D eigenvalue weighted by Gasteiger charge is -2.35. The van der Waals surface area contributed by atoms with Gasteiger partial charge in [-0.3, -0.25) is 0 Å². The van der Waals surface area contributed by atoms with Crippen LogP contribution in [-0.4, -0.2) is 11.2 Å². The highest BCUT2D eigenvalue weighted by Crippen LogP contribution is 2.36. The molecule has 0 saturated heterocycles. The van der Waals surface area contributed by atoms with Crippen LogP contribution in [0, 0.1) is 0 Å². The van der Waals surface area contributed by atoms with E-state index in [2.05, 4.69) is 5.32 Å². The van der Waals surface area contributed by atoms with E-state index in [-0.39, 0.29) is 0 Å². The molecule has 0 radical (unpaired) electrons. The van der Waals surface area contributed by atoms with Crippen LogP contribution in [-0.2, 0) is 5.54 Å². The van der Waals surface area contributed by atoms with E-state index >= 15 is 0 Å². The molecule has 2 N–H and O–H groups in total. The molecule has 3 nitrogen and oxygen atoms in total. The smallest absolute Gasteiger partial charge is 0.405 e. The van der Waals surface area contributed by atoms with Crippen molar-refractivity contribution in [1.29, 1.82) is 0 Å². The molecule has 1 amide bonds. The van der Waals surface area contributed by atoms with Crippen molar-refractivity contribution < 1.29 is 9.90 Å². The normalized spacial score (nSPS) is 11.0. The number of hydrogen-bond acceptors (Lipinski definition) is 1. The molecule has 3 aromatic carbocycles. The van der Waals surface area contributed by atoms with Crippen LogP contribution in [0.4, 0.5) is 4.79 Å². The van der Waals surface area contributed by atoms with Gasteiger partial charge in [-0.25, -0.2) is 4.79 Å². The highest BCUT2D eigenvalue weighted by atomic mass is 16.4. The first-order valence-corrected chi connectivity index (χ1v) is 7.41. The van der Waals surface area contributed by atoms with Crippen LogP contribution in [0.5, 0.6) is 0 Å². The van der Waals surface area contributed by atoms with Gasteiger partial charge in [0.25, 0.3) is 0 Å². The summed E-state index contributed by atoms with van der Waals surface area (Å²) in [6.07, 6.45) is -1.07. The number of carbonyl (C=O) groups is 1. The van der Waals surface area contributed by atoms with Crippen molar-refractivity contribution >= 4 is 6.09 Å². The molecule has 0 atom stereocenters. The van der Waals surface area contributed by atoms with Gasteiger partial charge in [-0.2, -0.15) is 0 Å². The fourth-order valence-electron chi connectivity index (χ4n) is 2.94. The molecule has 0 spiro atoms. The minimum Gasteiger partial charge on any atom is -0.465 e. The Balaban J connectivity index is 2.32. The average molecular weight is 303 g/mol. The third-order valence-electron chi connectivity index (χ3n) is 3.91. The van der Waals surface area contributed by atoms with E-state index in [4.69, 9.17) is 0 Å². The Morgan fingerprint density at radius 3 is 1.22 bits per heavy atom. The van der Waals surface area contributed by atoms with Crippen LogP contribution >= 0.6 is 0 Å². The second-order valence-corrected chi connectivity index (χ2v) is 5.28. The summed E-state index contributed by atoms with van der Waals surface area (Å²) in [6.45, 7) is 0. The number of nitrogens with one attached hydrogen (secondary N) is 1. The van der Waals surface area contributed by atoms with Gasteiger partial charge in [-0.1, -0.05) is 91.0 Å². The minimum atomic E-state index is -1.07. The summed E-state index contributed by atoms with van der Waals surface area (Å²) in [5, 5.41) is 12.3. The topological polar surface area (TPSA) is 49.3 Å². The minimum absolute atomic E-state index is 0.875. The van der Waals surface area contributed by atoms with Gasteiger partial charge in [-0.05, 0) is 16.7 Å². The summed E-state index contributed by atoms with van der Waals surface area (Å²) in [5.74, 6) is 0. The highest BCUT2D eigenvalue weighted by Gasteiger charge is 2.37. The van der Waals surface area contributed by atoms with Gasteiger partial charge < -0.3 is 10.4 Å². The predicted molar refractivity (Wildman–Crippen MR) is 90.4 cm³/mol. The molecule has 0 saturated carbocycles. The van der Waals surface area contributed by atoms with Crippen molar-refractivity contribution in [2.75, 3.05) is 0 Å². The predicted octanol–water partition coefficient (Wildman–Crippen LogP) is 4.25. The molecule has 0 aliphatic carbocycles. The summed E-state index contributed by atoms with van der Waals surface area (Å²) in [5.41, 5.74) is 1.68. The number of carboxylic acid groups (broad SMARTS) is 1. The molecule has 3 aromatic rings. The third kappa shape index (κ3) is 2.81. The Kier molecular flexibility index (Phi) is 4.11. The van der Waals surface area contributed by atoms with Crippen molar-refractivity contribution in [3.63, 3.8) is 0 Å². The van der Waals surface area contributed by atoms with Crippen LogP contribution in [0.2, 0.25) is 0 Å². The van der Waals surface area contributed by atoms with E-state index in [0.29, 0.717) is 0 Å². The molecule has 23 heavy (non-hydrogen) atoms. The molecule has 0 heterocycles. The monoisotopic (exact) mass is 303 g/mol. The Morgan fingerprint density at radius 1 is 0.652 bits per heavy atom. The molecule has 0 bridgehead atoms. The van der Waals surface area contributed by atoms with E-state index in [1.165, 1.54) is 0 Å². The van der Waals surface area contributed by atoms with Crippen molar-refractivity contribution in [3.05, 3.63) is 108 Å². The van der Waals surface area contributed by atoms with E-state index in [0.717, 1.165) is 16.7 Å². The average Bonchev–Trinajstić information content (AvgIpc) is 2.62. The van der Waals surface area contributed by atoms with Gasteiger partial charge >= 0.3 is 6.09 Å². The Labute approximate surface area is 135 Å². The van der Waals surface area contributed by atoms with Crippen molar-refractivity contribution in [2.24, 2.45) is 0 Å². The first kappa shape index (κ1) is 14.9. The first-order chi connectivity index (χ1) is 11.2. The lowest BCUT2D eigenvalue weighted by molar-refractivity contribution is 0.186. The number of benzene rings is 3. The summed E-state index contributed by atoms with van der Waals surface area (Å²) >= 11 is 0. The quantitative estimate of drug-likeness (QED) is 0.708. The second-order valence-electron chi connectivity index (χ2n) is 5.28. The van der Waals surface area contributed by atoms with Crippen molar-refractivity contribution in [3.8, 4) is 0 Å². The van der Waals surface area contributed by atoms with Crippen LogP contribution < -0.4 is 5.32 Å². The highest BCUT2D eigenvalue weighted by molar-refractivity contribution is 5.70. The largest absolute Gasteiger partial charge is 0.465 e. The lowest BCUT2D eigenvalue weighted by Crippen LogP contribution is -2.47. The molecular weight excluding hydrogens is 286 g/mol. The summed E-state index contributed by atoms with van der Waals surface area (Å²) < 4.78 is 0. The number of amides is 1. The molecule has 114 valence electrons. The van der Waals surface area contributed by atoms with Gasteiger partial charge in [0, 0.05) is 0 Å². The molecule has 3 rings (SSSR count). The third-order valence-corrected chi connectivity index (χ3v) is 3.91. The maximum absolute atomic E-state index is 11.6. The van der Waals surface area contributed by atoms with Gasteiger partial charge in [0.2, 0.25) is 0 Å². The zero-order valence-electron chi connectivity index (χ0n) is 12.5. The van der Waals surface area contributed by atoms with E-state index in [1.807, 2.05) is 91.0 Å². The lowest BCUT2D eigenvalue weighted by atomic mass is 9.77. The summed E-state index contributed by atoms with van der Waals surface area (Å²) in [4.78, 5) is 11.6.